The molecule has 0 bridgehead atoms. The molecule has 0 radical (unpaired) electrons. The molecule has 2 heterocycles. The average molecular weight is 196 g/mol. The highest BCUT2D eigenvalue weighted by Crippen LogP contribution is 2.20. The van der Waals surface area contributed by atoms with E-state index in [-0.39, 0.29) is 5.92 Å². The Balaban J connectivity index is 1.87. The predicted molar refractivity (Wildman–Crippen MR) is 56.0 cm³/mol. The van der Waals surface area contributed by atoms with Crippen LogP contribution in [0.5, 0.6) is 0 Å². The number of likely N-dealkylation sites (tertiary alicyclic amines) is 1. The molecule has 80 valence electrons. The number of carbonyl (C=O) groups is 1. The van der Waals surface area contributed by atoms with Gasteiger partial charge in [0.25, 0.3) is 0 Å². The van der Waals surface area contributed by atoms with Crippen LogP contribution in [0.4, 0.5) is 0 Å². The zero-order valence-electron chi connectivity index (χ0n) is 8.96. The van der Waals surface area contributed by atoms with Crippen molar-refractivity contribution in [3.63, 3.8) is 0 Å². The highest BCUT2D eigenvalue weighted by Gasteiger charge is 2.29. The minimum absolute atomic E-state index is 0.258. The van der Waals surface area contributed by atoms with Crippen LogP contribution >= 0.6 is 0 Å². The van der Waals surface area contributed by atoms with Crippen LogP contribution in [0.2, 0.25) is 0 Å². The van der Waals surface area contributed by atoms with E-state index in [0.29, 0.717) is 11.8 Å². The van der Waals surface area contributed by atoms with E-state index in [4.69, 9.17) is 0 Å². The van der Waals surface area contributed by atoms with Crippen LogP contribution in [-0.2, 0) is 4.79 Å². The van der Waals surface area contributed by atoms with Gasteiger partial charge in [0.2, 0.25) is 5.91 Å². The van der Waals surface area contributed by atoms with E-state index in [0.717, 1.165) is 39.0 Å². The van der Waals surface area contributed by atoms with Crippen molar-refractivity contribution < 1.29 is 4.79 Å². The van der Waals surface area contributed by atoms with E-state index in [1.807, 2.05) is 0 Å². The van der Waals surface area contributed by atoms with Crippen LogP contribution in [0.3, 0.4) is 0 Å². The van der Waals surface area contributed by atoms with Gasteiger partial charge in [-0.3, -0.25) is 4.79 Å². The Kier molecular flexibility index (Phi) is 3.06. The molecule has 2 atom stereocenters. The molecule has 3 nitrogen and oxygen atoms in total. The smallest absolute Gasteiger partial charge is 0.226 e. The average Bonchev–Trinajstić information content (AvgIpc) is 2.65. The van der Waals surface area contributed by atoms with E-state index in [2.05, 4.69) is 17.1 Å². The first-order chi connectivity index (χ1) is 6.77. The molecule has 0 aromatic carbocycles. The Bertz CT molecular complexity index is 205. The van der Waals surface area contributed by atoms with Crippen molar-refractivity contribution in [2.45, 2.75) is 26.2 Å². The maximum Gasteiger partial charge on any atom is 0.226 e. The molecule has 2 rings (SSSR count). The van der Waals surface area contributed by atoms with Gasteiger partial charge in [0.15, 0.2) is 0 Å². The third-order valence-corrected chi connectivity index (χ3v) is 3.38. The van der Waals surface area contributed by atoms with Crippen molar-refractivity contribution in [1.82, 2.24) is 10.2 Å². The van der Waals surface area contributed by atoms with Gasteiger partial charge >= 0.3 is 0 Å². The molecule has 0 aromatic heterocycles. The summed E-state index contributed by atoms with van der Waals surface area (Å²) in [6, 6.07) is 0. The first-order valence-electron chi connectivity index (χ1n) is 5.77. The molecular formula is C11H20N2O. The largest absolute Gasteiger partial charge is 0.342 e. The van der Waals surface area contributed by atoms with Gasteiger partial charge in [0.05, 0.1) is 5.92 Å². The molecule has 3 heteroatoms. The Morgan fingerprint density at radius 1 is 1.43 bits per heavy atom. The fourth-order valence-electron chi connectivity index (χ4n) is 2.46. The normalized spacial score (nSPS) is 33.4. The number of piperidine rings is 1. The minimum atomic E-state index is 0.258. The molecule has 2 saturated heterocycles. The van der Waals surface area contributed by atoms with E-state index >= 15 is 0 Å². The molecule has 0 aromatic rings. The molecule has 1 amide bonds. The Hall–Kier alpha value is -0.570. The first kappa shape index (κ1) is 9.97. The number of rotatable bonds is 1. The van der Waals surface area contributed by atoms with Crippen molar-refractivity contribution in [2.75, 3.05) is 26.2 Å². The lowest BCUT2D eigenvalue weighted by Gasteiger charge is -2.26. The zero-order chi connectivity index (χ0) is 9.97. The van der Waals surface area contributed by atoms with Gasteiger partial charge in [0, 0.05) is 19.6 Å². The molecule has 0 saturated carbocycles. The molecule has 2 fully saturated rings. The number of hydrogen-bond acceptors (Lipinski definition) is 2. The van der Waals surface area contributed by atoms with Gasteiger partial charge < -0.3 is 10.2 Å². The SMILES string of the molecule is CC1CCN(C(=O)C2CCCNC2)C1. The topological polar surface area (TPSA) is 32.3 Å². The van der Waals surface area contributed by atoms with E-state index in [1.54, 1.807) is 0 Å². The number of carbonyl (C=O) groups excluding carboxylic acids is 1. The van der Waals surface area contributed by atoms with Crippen LogP contribution in [0.1, 0.15) is 26.2 Å². The highest BCUT2D eigenvalue weighted by molar-refractivity contribution is 5.79. The lowest BCUT2D eigenvalue weighted by atomic mass is 9.98. The molecule has 14 heavy (non-hydrogen) atoms. The summed E-state index contributed by atoms with van der Waals surface area (Å²) >= 11 is 0. The maximum absolute atomic E-state index is 12.0. The number of amides is 1. The quantitative estimate of drug-likeness (QED) is 0.674. The summed E-state index contributed by atoms with van der Waals surface area (Å²) < 4.78 is 0. The van der Waals surface area contributed by atoms with Gasteiger partial charge in [-0.15, -0.1) is 0 Å². The van der Waals surface area contributed by atoms with Crippen LogP contribution in [-0.4, -0.2) is 37.0 Å². The Morgan fingerprint density at radius 3 is 2.86 bits per heavy atom. The minimum Gasteiger partial charge on any atom is -0.342 e. The lowest BCUT2D eigenvalue weighted by molar-refractivity contribution is -0.135. The summed E-state index contributed by atoms with van der Waals surface area (Å²) in [5, 5.41) is 3.30. The summed E-state index contributed by atoms with van der Waals surface area (Å²) in [7, 11) is 0. The third kappa shape index (κ3) is 2.08. The fraction of sp³-hybridized carbons (Fsp3) is 0.909. The molecule has 1 N–H and O–H groups in total. The molecule has 2 unspecified atom stereocenters. The Labute approximate surface area is 85.8 Å². The van der Waals surface area contributed by atoms with Gasteiger partial charge in [-0.25, -0.2) is 0 Å². The molecule has 2 aliphatic heterocycles. The molecular weight excluding hydrogens is 176 g/mol. The summed E-state index contributed by atoms with van der Waals surface area (Å²) in [5.74, 6) is 1.35. The lowest BCUT2D eigenvalue weighted by Crippen LogP contribution is -2.42. The summed E-state index contributed by atoms with van der Waals surface area (Å²) in [6.07, 6.45) is 3.42. The summed E-state index contributed by atoms with van der Waals surface area (Å²) in [5.41, 5.74) is 0. The Morgan fingerprint density at radius 2 is 2.29 bits per heavy atom. The predicted octanol–water partition coefficient (Wildman–Crippen LogP) is 0.854. The molecule has 0 spiro atoms. The standard InChI is InChI=1S/C11H20N2O/c1-9-4-6-13(8-9)11(14)10-3-2-5-12-7-10/h9-10,12H,2-8H2,1H3. The fourth-order valence-corrected chi connectivity index (χ4v) is 2.46. The van der Waals surface area contributed by atoms with Crippen molar-refractivity contribution >= 4 is 5.91 Å². The second-order valence-electron chi connectivity index (χ2n) is 4.72. The summed E-state index contributed by atoms with van der Waals surface area (Å²) in [6.45, 7) is 6.17. The van der Waals surface area contributed by atoms with Crippen LogP contribution in [0.25, 0.3) is 0 Å². The monoisotopic (exact) mass is 196 g/mol. The van der Waals surface area contributed by atoms with Gasteiger partial charge in [0.1, 0.15) is 0 Å². The van der Waals surface area contributed by atoms with Crippen molar-refractivity contribution in [3.05, 3.63) is 0 Å². The van der Waals surface area contributed by atoms with E-state index in [9.17, 15) is 4.79 Å². The zero-order valence-corrected chi connectivity index (χ0v) is 8.96. The van der Waals surface area contributed by atoms with Gasteiger partial charge in [-0.05, 0) is 31.7 Å². The van der Waals surface area contributed by atoms with Crippen LogP contribution in [0, 0.1) is 11.8 Å². The number of hydrogen-bond donors (Lipinski definition) is 1. The maximum atomic E-state index is 12.0. The number of nitrogens with one attached hydrogen (secondary N) is 1. The van der Waals surface area contributed by atoms with Crippen molar-refractivity contribution in [3.8, 4) is 0 Å². The van der Waals surface area contributed by atoms with Crippen molar-refractivity contribution in [2.24, 2.45) is 11.8 Å². The first-order valence-corrected chi connectivity index (χ1v) is 5.77. The highest BCUT2D eigenvalue weighted by atomic mass is 16.2. The second-order valence-corrected chi connectivity index (χ2v) is 4.72. The second kappa shape index (κ2) is 4.30. The van der Waals surface area contributed by atoms with E-state index in [1.165, 1.54) is 6.42 Å². The molecule has 0 aliphatic carbocycles. The van der Waals surface area contributed by atoms with Gasteiger partial charge in [-0.2, -0.15) is 0 Å². The van der Waals surface area contributed by atoms with Crippen LogP contribution in [0.15, 0.2) is 0 Å². The summed E-state index contributed by atoms with van der Waals surface area (Å²) in [4.78, 5) is 14.1. The van der Waals surface area contributed by atoms with Crippen LogP contribution < -0.4 is 5.32 Å². The third-order valence-electron chi connectivity index (χ3n) is 3.38. The van der Waals surface area contributed by atoms with E-state index < -0.39 is 0 Å². The van der Waals surface area contributed by atoms with Crippen molar-refractivity contribution in [1.29, 1.82) is 0 Å². The van der Waals surface area contributed by atoms with Gasteiger partial charge in [-0.1, -0.05) is 6.92 Å². The number of nitrogens with zero attached hydrogens (tertiary/aromatic N) is 1. The molecule has 2 aliphatic rings.